The van der Waals surface area contributed by atoms with Crippen LogP contribution < -0.4 is 0 Å². The van der Waals surface area contributed by atoms with Gasteiger partial charge in [-0.3, -0.25) is 28.8 Å². The number of thiophene rings is 2. The quantitative estimate of drug-likeness (QED) is 0.0510. The summed E-state index contributed by atoms with van der Waals surface area (Å²) in [6.45, 7) is 16.6. The number of alkyl halides is 11. The molecule has 12 aliphatic rings. The second-order valence-corrected chi connectivity index (χ2v) is 43.4. The summed E-state index contributed by atoms with van der Waals surface area (Å²) in [6.07, 6.45) is 10.7. The third-order valence-corrected chi connectivity index (χ3v) is 31.0. The van der Waals surface area contributed by atoms with Gasteiger partial charge in [-0.05, 0) is 87.4 Å². The number of amides is 6. The molecule has 16 heterocycles. The van der Waals surface area contributed by atoms with E-state index in [1.807, 2.05) is 101 Å². The zero-order valence-electron chi connectivity index (χ0n) is 80.9. The van der Waals surface area contributed by atoms with E-state index in [4.69, 9.17) is 29.0 Å². The Balaban J connectivity index is 0.000000142. The van der Waals surface area contributed by atoms with Crippen LogP contribution in [0, 0.1) is 12.8 Å². The highest BCUT2D eigenvalue weighted by Gasteiger charge is 2.51. The summed E-state index contributed by atoms with van der Waals surface area (Å²) >= 11 is 6.37. The third-order valence-electron chi connectivity index (χ3n) is 27.6. The van der Waals surface area contributed by atoms with Crippen molar-refractivity contribution in [2.75, 3.05) is 78.5 Å². The molecule has 0 saturated carbocycles. The minimum Gasteiger partial charge on any atom is -0.388 e. The van der Waals surface area contributed by atoms with Crippen molar-refractivity contribution in [3.05, 3.63) is 149 Å². The molecule has 6 saturated heterocycles. The van der Waals surface area contributed by atoms with Gasteiger partial charge in [-0.1, -0.05) is 117 Å². The first-order valence-corrected chi connectivity index (χ1v) is 52.1. The van der Waals surface area contributed by atoms with Gasteiger partial charge in [-0.25, -0.2) is 45.1 Å². The van der Waals surface area contributed by atoms with Crippen LogP contribution in [0.5, 0.6) is 0 Å². The van der Waals surface area contributed by atoms with Crippen molar-refractivity contribution in [3.8, 4) is 0 Å². The second kappa shape index (κ2) is 47.2. The van der Waals surface area contributed by atoms with Crippen LogP contribution in [0.3, 0.4) is 0 Å². The summed E-state index contributed by atoms with van der Waals surface area (Å²) in [5.74, 6) is -11.3. The Labute approximate surface area is 831 Å². The summed E-state index contributed by atoms with van der Waals surface area (Å²) in [5.41, 5.74) is 6.91. The number of oxime groups is 6. The molecule has 18 rings (SSSR count). The fourth-order valence-electron chi connectivity index (χ4n) is 18.6. The number of aromatic nitrogens is 2. The van der Waals surface area contributed by atoms with Gasteiger partial charge < -0.3 is 58.4 Å². The third kappa shape index (κ3) is 32.0. The predicted molar refractivity (Wildman–Crippen MR) is 519 cm³/mol. The molecule has 0 atom stereocenters. The Kier molecular flexibility index (Phi) is 36.2. The number of thiazole rings is 2. The molecule has 770 valence electrons. The van der Waals surface area contributed by atoms with Crippen LogP contribution in [0.15, 0.2) is 144 Å². The average Bonchev–Trinajstić information content (AvgIpc) is 1.71. The lowest BCUT2D eigenvalue weighted by molar-refractivity contribution is -0.143. The molecule has 0 unspecified atom stereocenters. The van der Waals surface area contributed by atoms with E-state index in [-0.39, 0.29) is 96.1 Å². The van der Waals surface area contributed by atoms with Gasteiger partial charge >= 0.3 is 6.18 Å². The highest BCUT2D eigenvalue weighted by molar-refractivity contribution is 7.13. The number of carbonyl (C=O) groups is 6. The standard InChI is InChI=1S/C19H24F2N2O2.C18H22F2N2O2.C17H24N2O2S.C16H20F2N2O2S.C15H18F3N3O2S.C15H19F2N3O2S/c1-14-3-5-15(6-4-14)16-13-19(25-22-16)9-11-23(12-10-19)17(24)7-8-18(2,20)21;1-17(19,20)8-7-16(23)22-11-9-18(10-12-22)13-15(21-24-18)14-5-3-2-4-6-14;1-13(2)5-6-16(20)19-9-7-17(8-10-19)12-14(18-21-17)15-4-3-11-22-15;1-15(17,18)5-4-14(21)20-8-6-16(7-9-20)11-12(19-22-16)13-3-2-10-23-13;16-15(17,18)3-1-2-12(22)21-7-4-14(5-8-21)10-11(20-23-14)13-19-6-9-24-13;1-14(16,17)3-2-12(21)20-7-4-15(5-8-20)10-11(19-22-15)13-18-6-9-23-13/h3-6H,7-13H2,1-2H3;2-6H,7-13H2,1H3;3-4,11,13H,5-10,12H2,1-2H3;2-3,10H,4-9,11H2,1H3;6,9H,1-5,7-8,10H2;6,9H,2-5,7-8,10H2,1H3. The lowest BCUT2D eigenvalue weighted by Crippen LogP contribution is -2.47. The number of carbonyl (C=O) groups excluding carboxylic acids is 6. The van der Waals surface area contributed by atoms with E-state index < -0.39 is 67.6 Å². The number of rotatable bonds is 24. The number of nitrogens with zero attached hydrogens (tertiary/aromatic N) is 14. The molecule has 0 N–H and O–H groups in total. The first-order valence-electron chi connectivity index (χ1n) is 48.6. The molecular weight excluding hydrogens is 1930 g/mol. The van der Waals surface area contributed by atoms with E-state index in [1.54, 1.807) is 59.6 Å². The zero-order chi connectivity index (χ0) is 101. The van der Waals surface area contributed by atoms with Crippen LogP contribution in [0.2, 0.25) is 0 Å². The van der Waals surface area contributed by atoms with Crippen molar-refractivity contribution in [2.24, 2.45) is 36.9 Å². The van der Waals surface area contributed by atoms with Crippen molar-refractivity contribution >= 4 is 115 Å². The largest absolute Gasteiger partial charge is 0.389 e. The highest BCUT2D eigenvalue weighted by atomic mass is 32.1. The van der Waals surface area contributed by atoms with Gasteiger partial charge in [-0.2, -0.15) is 13.2 Å². The maximum Gasteiger partial charge on any atom is 0.389 e. The molecule has 41 heteroatoms. The van der Waals surface area contributed by atoms with Gasteiger partial charge in [0.05, 0.1) is 21.2 Å². The van der Waals surface area contributed by atoms with Crippen LogP contribution >= 0.6 is 45.3 Å². The summed E-state index contributed by atoms with van der Waals surface area (Å²) in [7, 11) is 0. The average molecular weight is 2050 g/mol. The van der Waals surface area contributed by atoms with Crippen LogP contribution in [0.4, 0.5) is 48.3 Å². The van der Waals surface area contributed by atoms with Crippen molar-refractivity contribution in [1.82, 2.24) is 39.4 Å². The first-order chi connectivity index (χ1) is 66.8. The maximum absolute atomic E-state index is 12.9. The van der Waals surface area contributed by atoms with Crippen LogP contribution in [0.25, 0.3) is 0 Å². The minimum absolute atomic E-state index is 0.0613. The van der Waals surface area contributed by atoms with Crippen LogP contribution in [-0.2, 0) is 57.8 Å². The van der Waals surface area contributed by atoms with Gasteiger partial charge in [-0.15, -0.1) is 45.3 Å². The lowest BCUT2D eigenvalue weighted by atomic mass is 9.85. The van der Waals surface area contributed by atoms with Crippen LogP contribution in [0.1, 0.15) is 277 Å². The Bertz CT molecular complexity index is 5180. The maximum atomic E-state index is 12.9. The number of piperidine rings is 6. The molecular formula is C100H127F11N14O12S4. The smallest absolute Gasteiger partial charge is 0.388 e. The summed E-state index contributed by atoms with van der Waals surface area (Å²) in [5, 5.41) is 34.9. The second-order valence-electron chi connectivity index (χ2n) is 39.8. The molecule has 0 aliphatic carbocycles. The summed E-state index contributed by atoms with van der Waals surface area (Å²) in [6, 6.07) is 26.2. The Morgan fingerprint density at radius 2 is 0.596 bits per heavy atom. The molecule has 26 nitrogen and oxygen atoms in total. The molecule has 0 bridgehead atoms. The number of hydrogen-bond acceptors (Lipinski definition) is 24. The fourth-order valence-corrected chi connectivity index (χ4v) is 21.3. The van der Waals surface area contributed by atoms with E-state index in [1.165, 1.54) is 33.1 Å². The topological polar surface area (TPSA) is 277 Å². The van der Waals surface area contributed by atoms with Gasteiger partial charge in [0.2, 0.25) is 59.1 Å². The Hall–Kier alpha value is -10.0. The van der Waals surface area contributed by atoms with E-state index in [9.17, 15) is 77.1 Å². The number of likely N-dealkylation sites (tertiary alicyclic amines) is 6. The predicted octanol–water partition coefficient (Wildman–Crippen LogP) is 21.3. The number of halogens is 11. The van der Waals surface area contributed by atoms with Crippen LogP contribution in [-0.4, -0.2) is 251 Å². The monoisotopic (exact) mass is 2050 g/mol. The van der Waals surface area contributed by atoms with Gasteiger partial charge in [0.25, 0.3) is 0 Å². The molecule has 0 radical (unpaired) electrons. The summed E-state index contributed by atoms with van der Waals surface area (Å²) < 4.78 is 139. The van der Waals surface area contributed by atoms with E-state index in [0.717, 1.165) is 146 Å². The van der Waals surface area contributed by atoms with Crippen molar-refractivity contribution in [2.45, 2.75) is 311 Å². The number of aryl methyl sites for hydroxylation is 1. The molecule has 6 fully saturated rings. The molecule has 141 heavy (non-hydrogen) atoms. The minimum atomic E-state index is -4.20. The zero-order valence-corrected chi connectivity index (χ0v) is 84.2. The lowest BCUT2D eigenvalue weighted by Gasteiger charge is -2.37. The van der Waals surface area contributed by atoms with Gasteiger partial charge in [0.1, 0.15) is 66.5 Å². The molecule has 4 aromatic heterocycles. The molecule has 6 amide bonds. The van der Waals surface area contributed by atoms with Crippen molar-refractivity contribution < 1.29 is 106 Å². The van der Waals surface area contributed by atoms with Gasteiger partial charge in [0, 0.05) is 288 Å². The molecule has 2 aromatic carbocycles. The normalized spacial score (nSPS) is 20.2. The Morgan fingerprint density at radius 3 is 0.865 bits per heavy atom. The van der Waals surface area contributed by atoms with Crippen molar-refractivity contribution in [3.63, 3.8) is 0 Å². The van der Waals surface area contributed by atoms with E-state index in [0.29, 0.717) is 161 Å². The van der Waals surface area contributed by atoms with E-state index >= 15 is 0 Å². The summed E-state index contributed by atoms with van der Waals surface area (Å²) in [4.78, 5) is 128. The molecule has 6 spiro atoms. The fraction of sp³-hybridized carbons (Fsp3) is 0.620. The SMILES string of the molecule is CC(C)CCC(=O)N1CCC2(CC1)CC(c1cccs1)=NO2.CC(F)(F)CCC(=O)N1CCC2(CC1)CC(c1ccccc1)=NO2.CC(F)(F)CCC(=O)N1CCC2(CC1)CC(c1cccs1)=NO2.CC(F)(F)CCC(=O)N1CCC2(CC1)CC(c1nccs1)=NO2.Cc1ccc(C2=NOC3(CCN(C(=O)CCC(C)(F)F)CC3)C2)cc1.O=C(CCCC(F)(F)F)N1CCC2(CC1)CC(c1nccs1)=NO2. The Morgan fingerprint density at radius 1 is 0.326 bits per heavy atom. The molecule has 6 aromatic rings. The van der Waals surface area contributed by atoms with Gasteiger partial charge in [0.15, 0.2) is 0 Å². The first kappa shape index (κ1) is 108. The van der Waals surface area contributed by atoms with E-state index in [2.05, 4.69) is 66.2 Å². The molecule has 12 aliphatic heterocycles. The van der Waals surface area contributed by atoms with Crippen molar-refractivity contribution in [1.29, 1.82) is 0 Å². The number of benzene rings is 2. The number of hydrogen-bond donors (Lipinski definition) is 0. The highest BCUT2D eigenvalue weighted by Crippen LogP contribution is 2.45.